The molecule has 0 aliphatic rings. The number of pyridine rings is 1. The first kappa shape index (κ1) is 31.0. The van der Waals surface area contributed by atoms with Crippen LogP contribution in [0.1, 0.15) is 44.5 Å². The number of alkyl halides is 2. The van der Waals surface area contributed by atoms with Gasteiger partial charge in [0, 0.05) is 37.5 Å². The number of fused-ring (bicyclic) bond motifs is 1. The molecule has 41 heavy (non-hydrogen) atoms. The molecule has 14 heteroatoms. The fourth-order valence-electron chi connectivity index (χ4n) is 4.06. The summed E-state index contributed by atoms with van der Waals surface area (Å²) in [5.41, 5.74) is -3.36. The number of carboxylic acids is 1. The first-order valence-electron chi connectivity index (χ1n) is 12.1. The van der Waals surface area contributed by atoms with Crippen LogP contribution in [-0.4, -0.2) is 51.1 Å². The molecule has 216 valence electrons. The second-order valence-corrected chi connectivity index (χ2v) is 10.0. The van der Waals surface area contributed by atoms with E-state index in [1.807, 2.05) is 0 Å². The van der Waals surface area contributed by atoms with Crippen molar-refractivity contribution in [1.82, 2.24) is 9.38 Å². The van der Waals surface area contributed by atoms with Crippen LogP contribution in [0.3, 0.4) is 0 Å². The van der Waals surface area contributed by atoms with E-state index in [0.717, 1.165) is 22.7 Å². The highest BCUT2D eigenvalue weighted by molar-refractivity contribution is 7.80. The molecule has 0 saturated heterocycles. The topological polar surface area (TPSA) is 128 Å². The average Bonchev–Trinajstić information content (AvgIpc) is 2.91. The third-order valence-corrected chi connectivity index (χ3v) is 6.61. The lowest BCUT2D eigenvalue weighted by Gasteiger charge is -2.39. The Morgan fingerprint density at radius 1 is 1.27 bits per heavy atom. The van der Waals surface area contributed by atoms with E-state index < -0.39 is 41.0 Å². The Hall–Kier alpha value is -4.51. The van der Waals surface area contributed by atoms with Gasteiger partial charge >= 0.3 is 11.5 Å². The molecule has 0 aliphatic carbocycles. The minimum absolute atomic E-state index is 0.0487. The fraction of sp³-hybridized carbons (Fsp3) is 0.333. The molecule has 0 unspecified atom stereocenters. The summed E-state index contributed by atoms with van der Waals surface area (Å²) in [5.74, 6) is -6.02. The summed E-state index contributed by atoms with van der Waals surface area (Å²) >= 11 is 5.63. The zero-order valence-electron chi connectivity index (χ0n) is 22.7. The molecule has 1 aromatic carbocycles. The van der Waals surface area contributed by atoms with Crippen LogP contribution in [0, 0.1) is 17.1 Å². The highest BCUT2D eigenvalue weighted by atomic mass is 32.1. The van der Waals surface area contributed by atoms with Gasteiger partial charge in [-0.1, -0.05) is 6.92 Å². The molecule has 2 heterocycles. The lowest BCUT2D eigenvalue weighted by atomic mass is 10.0. The number of aliphatic carboxylic acids is 1. The van der Waals surface area contributed by atoms with Gasteiger partial charge in [-0.2, -0.15) is 5.26 Å². The van der Waals surface area contributed by atoms with Gasteiger partial charge in [0.1, 0.15) is 6.29 Å². The van der Waals surface area contributed by atoms with E-state index in [1.54, 1.807) is 13.0 Å². The van der Waals surface area contributed by atoms with Gasteiger partial charge in [-0.25, -0.2) is 22.9 Å². The number of aryl methyl sites for hydroxylation is 1. The number of ether oxygens (including phenoxy) is 1. The van der Waals surface area contributed by atoms with Crippen molar-refractivity contribution in [2.75, 3.05) is 23.5 Å². The summed E-state index contributed by atoms with van der Waals surface area (Å²) < 4.78 is 49.9. The molecule has 10 nitrogen and oxygen atoms in total. The van der Waals surface area contributed by atoms with Crippen molar-refractivity contribution in [1.29, 1.82) is 5.26 Å². The van der Waals surface area contributed by atoms with Crippen LogP contribution in [-0.2, 0) is 21.9 Å². The molecule has 2 aromatic heterocycles. The third-order valence-electron chi connectivity index (χ3n) is 6.15. The number of nitriles is 1. The number of carbonyl (C=O) groups is 2. The number of hydrogen-bond donors (Lipinski definition) is 1. The van der Waals surface area contributed by atoms with Gasteiger partial charge in [0.2, 0.25) is 5.75 Å². The zero-order valence-corrected chi connectivity index (χ0v) is 23.6. The molecular formula is C27H26F3N5O5S. The van der Waals surface area contributed by atoms with Gasteiger partial charge in [-0.15, -0.1) is 0 Å². The van der Waals surface area contributed by atoms with Crippen LogP contribution >= 0.6 is 12.2 Å². The van der Waals surface area contributed by atoms with E-state index in [0.29, 0.717) is 13.2 Å². The number of halogens is 3. The Kier molecular flexibility index (Phi) is 8.73. The largest absolute Gasteiger partial charge is 0.479 e. The molecule has 3 rings (SSSR count). The number of carboxylic acid groups (broad SMARTS) is 1. The van der Waals surface area contributed by atoms with Gasteiger partial charge in [0.25, 0.3) is 5.92 Å². The van der Waals surface area contributed by atoms with Crippen molar-refractivity contribution in [2.45, 2.75) is 45.6 Å². The summed E-state index contributed by atoms with van der Waals surface area (Å²) in [6.45, 7) is 4.38. The minimum atomic E-state index is -3.35. The Labute approximate surface area is 238 Å². The first-order valence-corrected chi connectivity index (χ1v) is 12.5. The van der Waals surface area contributed by atoms with Crippen molar-refractivity contribution in [3.63, 3.8) is 0 Å². The Morgan fingerprint density at radius 2 is 1.93 bits per heavy atom. The smallest absolute Gasteiger partial charge is 0.341 e. The number of aromatic nitrogens is 2. The van der Waals surface area contributed by atoms with Gasteiger partial charge < -0.3 is 24.4 Å². The number of anilines is 2. The summed E-state index contributed by atoms with van der Waals surface area (Å²) in [6.07, 6.45) is 1.84. The number of hydrogen-bond acceptors (Lipinski definition) is 7. The molecule has 1 N–H and O–H groups in total. The van der Waals surface area contributed by atoms with Gasteiger partial charge in [-0.3, -0.25) is 9.20 Å². The molecule has 0 spiro atoms. The second-order valence-electron chi connectivity index (χ2n) is 9.65. The number of carbonyl (C=O) groups excluding carboxylic acids is 1. The number of thiocarbonyl (C=S) groups is 1. The number of nitrogens with zero attached hydrogens (tertiary/aromatic N) is 5. The van der Waals surface area contributed by atoms with E-state index in [4.69, 9.17) is 22.1 Å². The van der Waals surface area contributed by atoms with E-state index >= 15 is 4.39 Å². The normalized spacial score (nSPS) is 11.6. The molecule has 0 fully saturated rings. The summed E-state index contributed by atoms with van der Waals surface area (Å²) in [6, 6.07) is 6.42. The zero-order chi connectivity index (χ0) is 30.9. The predicted molar refractivity (Wildman–Crippen MR) is 148 cm³/mol. The van der Waals surface area contributed by atoms with Crippen molar-refractivity contribution >= 4 is 46.6 Å². The van der Waals surface area contributed by atoms with Gasteiger partial charge in [-0.05, 0) is 50.7 Å². The lowest BCUT2D eigenvalue weighted by Crippen LogP contribution is -2.54. The highest BCUT2D eigenvalue weighted by Gasteiger charge is 2.34. The monoisotopic (exact) mass is 589 g/mol. The van der Waals surface area contributed by atoms with Crippen LogP contribution in [0.2, 0.25) is 0 Å². The number of benzene rings is 1. The molecule has 0 atom stereocenters. The van der Waals surface area contributed by atoms with E-state index in [-0.39, 0.29) is 45.6 Å². The molecule has 0 radical (unpaired) electrons. The minimum Gasteiger partial charge on any atom is -0.479 e. The van der Waals surface area contributed by atoms with Gasteiger partial charge in [0.15, 0.2) is 23.2 Å². The first-order chi connectivity index (χ1) is 19.1. The maximum atomic E-state index is 15.5. The molecule has 0 saturated carbocycles. The van der Waals surface area contributed by atoms with Crippen LogP contribution in [0.15, 0.2) is 35.3 Å². The van der Waals surface area contributed by atoms with Gasteiger partial charge in [0.05, 0.1) is 28.6 Å². The maximum Gasteiger partial charge on any atom is 0.341 e. The SMILES string of the molecule is CCc1nc2c(F)cc(N(C(=S)N(C)c3ccc(C#N)c(C(C)(F)F)c3)C(C)(C)C=O)cn2c(=O)c1OCC(=O)O. The lowest BCUT2D eigenvalue weighted by molar-refractivity contribution is -0.139. The Morgan fingerprint density at radius 3 is 2.46 bits per heavy atom. The fourth-order valence-corrected chi connectivity index (χ4v) is 4.50. The molecular weight excluding hydrogens is 563 g/mol. The summed E-state index contributed by atoms with van der Waals surface area (Å²) in [5, 5.41) is 18.1. The number of aldehydes is 1. The molecule has 0 amide bonds. The number of rotatable bonds is 9. The standard InChI is InChI=1S/C27H26F3N5O5S/c1-6-20-22(40-13-21(37)38)24(39)34-12-17(10-19(28)23(34)32-20)35(26(2,3)14-36)25(41)33(5)16-8-7-15(11-31)18(9-16)27(4,29)30/h7-10,12,14H,6,13H2,1-5H3,(H,37,38). The van der Waals surface area contributed by atoms with Crippen molar-refractivity contribution in [3.8, 4) is 11.8 Å². The van der Waals surface area contributed by atoms with E-state index in [2.05, 4.69) is 4.98 Å². The molecule has 0 aliphatic heterocycles. The van der Waals surface area contributed by atoms with E-state index in [1.165, 1.54) is 42.8 Å². The highest BCUT2D eigenvalue weighted by Crippen LogP contribution is 2.34. The third kappa shape index (κ3) is 6.14. The van der Waals surface area contributed by atoms with Crippen LogP contribution in [0.4, 0.5) is 24.5 Å². The Balaban J connectivity index is 2.23. The van der Waals surface area contributed by atoms with E-state index in [9.17, 15) is 28.4 Å². The predicted octanol–water partition coefficient (Wildman–Crippen LogP) is 4.05. The maximum absolute atomic E-state index is 15.5. The molecule has 0 bridgehead atoms. The van der Waals surface area contributed by atoms with Crippen LogP contribution < -0.4 is 20.1 Å². The van der Waals surface area contributed by atoms with Crippen molar-refractivity contribution in [3.05, 3.63) is 63.5 Å². The second kappa shape index (κ2) is 11.5. The molecule has 3 aromatic rings. The van der Waals surface area contributed by atoms with Crippen molar-refractivity contribution in [2.24, 2.45) is 0 Å². The van der Waals surface area contributed by atoms with Crippen molar-refractivity contribution < 1.29 is 32.6 Å². The average molecular weight is 590 g/mol. The van der Waals surface area contributed by atoms with Crippen LogP contribution in [0.5, 0.6) is 5.75 Å². The Bertz CT molecular complexity index is 1650. The summed E-state index contributed by atoms with van der Waals surface area (Å²) in [4.78, 5) is 43.1. The summed E-state index contributed by atoms with van der Waals surface area (Å²) in [7, 11) is 1.44. The quantitative estimate of drug-likeness (QED) is 0.288. The van der Waals surface area contributed by atoms with Crippen LogP contribution in [0.25, 0.3) is 5.65 Å².